The van der Waals surface area contributed by atoms with Gasteiger partial charge in [-0.2, -0.15) is 0 Å². The first-order valence-corrected chi connectivity index (χ1v) is 11.8. The largest absolute Gasteiger partial charge is 0.493 e. The number of nitrogens with one attached hydrogen (secondary N) is 2. The Bertz CT molecular complexity index is 1090. The lowest BCUT2D eigenvalue weighted by Crippen LogP contribution is -2.27. The monoisotopic (exact) mass is 435 g/mol. The van der Waals surface area contributed by atoms with Gasteiger partial charge in [-0.3, -0.25) is 4.79 Å². The summed E-state index contributed by atoms with van der Waals surface area (Å²) in [4.78, 5) is 16.5. The fourth-order valence-corrected chi connectivity index (χ4v) is 5.58. The predicted molar refractivity (Wildman–Crippen MR) is 110 cm³/mol. The van der Waals surface area contributed by atoms with Gasteiger partial charge in [0.25, 0.3) is 0 Å². The molecule has 10 heteroatoms. The number of hydrogen-bond donors (Lipinski definition) is 2. The molecule has 0 spiro atoms. The second-order valence-corrected chi connectivity index (χ2v) is 9.89. The second-order valence-electron chi connectivity index (χ2n) is 6.09. The van der Waals surface area contributed by atoms with Crippen molar-refractivity contribution >= 4 is 43.7 Å². The Kier molecular flexibility index (Phi) is 5.44. The third-order valence-corrected chi connectivity index (χ3v) is 7.76. The Balaban J connectivity index is 1.32. The minimum absolute atomic E-state index is 0.0229. The number of ether oxygens (including phenoxy) is 1. The zero-order valence-corrected chi connectivity index (χ0v) is 17.1. The zero-order chi connectivity index (χ0) is 19.6. The first-order chi connectivity index (χ1) is 13.5. The van der Waals surface area contributed by atoms with Crippen LogP contribution >= 0.6 is 22.7 Å². The number of amides is 1. The van der Waals surface area contributed by atoms with Crippen LogP contribution in [-0.2, 0) is 21.2 Å². The fraction of sp³-hybridized carbons (Fsp3) is 0.222. The average molecular weight is 436 g/mol. The quantitative estimate of drug-likeness (QED) is 0.594. The van der Waals surface area contributed by atoms with Gasteiger partial charge in [-0.05, 0) is 35.2 Å². The normalized spacial score (nSPS) is 13.1. The SMILES string of the molecule is O=C(CCNS(=O)(=O)c1cccs1)Nc1nc(-c2ccc3c(c2)CCO3)cs1. The van der Waals surface area contributed by atoms with Gasteiger partial charge in [-0.15, -0.1) is 22.7 Å². The summed E-state index contributed by atoms with van der Waals surface area (Å²) in [5.41, 5.74) is 2.92. The number of thiazole rings is 1. The number of sulfonamides is 1. The summed E-state index contributed by atoms with van der Waals surface area (Å²) in [7, 11) is -3.56. The number of hydrogen-bond acceptors (Lipinski definition) is 7. The van der Waals surface area contributed by atoms with E-state index >= 15 is 0 Å². The zero-order valence-electron chi connectivity index (χ0n) is 14.7. The third kappa shape index (κ3) is 4.25. The maximum absolute atomic E-state index is 12.1. The molecule has 0 atom stereocenters. The number of anilines is 1. The molecule has 146 valence electrons. The van der Waals surface area contributed by atoms with E-state index < -0.39 is 10.0 Å². The number of carbonyl (C=O) groups excluding carboxylic acids is 1. The molecule has 4 rings (SSSR count). The minimum atomic E-state index is -3.56. The second kappa shape index (κ2) is 8.00. The van der Waals surface area contributed by atoms with Gasteiger partial charge in [0.2, 0.25) is 15.9 Å². The van der Waals surface area contributed by atoms with E-state index in [9.17, 15) is 13.2 Å². The van der Waals surface area contributed by atoms with E-state index in [0.29, 0.717) is 11.7 Å². The van der Waals surface area contributed by atoms with E-state index in [1.54, 1.807) is 11.4 Å². The Hall–Kier alpha value is -2.27. The number of aromatic nitrogens is 1. The van der Waals surface area contributed by atoms with E-state index in [2.05, 4.69) is 21.1 Å². The van der Waals surface area contributed by atoms with Crippen LogP contribution in [0.15, 0.2) is 45.3 Å². The van der Waals surface area contributed by atoms with Crippen LogP contribution in [0.4, 0.5) is 5.13 Å². The molecule has 0 aliphatic carbocycles. The average Bonchev–Trinajstić information content (AvgIpc) is 3.42. The molecule has 1 amide bonds. The molecule has 3 heterocycles. The number of benzene rings is 1. The maximum atomic E-state index is 12.1. The molecule has 0 radical (unpaired) electrons. The van der Waals surface area contributed by atoms with Gasteiger partial charge in [-0.25, -0.2) is 18.1 Å². The molecule has 0 saturated heterocycles. The van der Waals surface area contributed by atoms with E-state index in [1.807, 2.05) is 17.5 Å². The van der Waals surface area contributed by atoms with Gasteiger partial charge in [0.1, 0.15) is 9.96 Å². The molecular formula is C18H17N3O4S3. The third-order valence-electron chi connectivity index (χ3n) is 4.14. The fourth-order valence-electron chi connectivity index (χ4n) is 2.78. The van der Waals surface area contributed by atoms with Crippen LogP contribution in [0.5, 0.6) is 5.75 Å². The molecule has 0 saturated carbocycles. The Morgan fingerprint density at radius 2 is 2.14 bits per heavy atom. The standard InChI is InChI=1S/C18H17N3O4S3/c22-16(5-7-19-28(23,24)17-2-1-9-26-17)21-18-20-14(11-27-18)12-3-4-15-13(10-12)6-8-25-15/h1-4,9-11,19H,5-8H2,(H,20,21,22). The highest BCUT2D eigenvalue weighted by Gasteiger charge is 2.16. The van der Waals surface area contributed by atoms with Gasteiger partial charge < -0.3 is 10.1 Å². The molecule has 28 heavy (non-hydrogen) atoms. The van der Waals surface area contributed by atoms with Crippen molar-refractivity contribution in [3.05, 3.63) is 46.7 Å². The Morgan fingerprint density at radius 3 is 2.96 bits per heavy atom. The lowest BCUT2D eigenvalue weighted by atomic mass is 10.1. The van der Waals surface area contributed by atoms with Crippen LogP contribution in [0.2, 0.25) is 0 Å². The van der Waals surface area contributed by atoms with Gasteiger partial charge in [0, 0.05) is 30.3 Å². The smallest absolute Gasteiger partial charge is 0.250 e. The van der Waals surface area contributed by atoms with Crippen molar-refractivity contribution in [3.8, 4) is 17.0 Å². The summed E-state index contributed by atoms with van der Waals surface area (Å²) in [6.07, 6.45) is 0.911. The predicted octanol–water partition coefficient (Wildman–Crippen LogP) is 3.11. The lowest BCUT2D eigenvalue weighted by molar-refractivity contribution is -0.116. The first-order valence-electron chi connectivity index (χ1n) is 8.56. The molecule has 1 aliphatic rings. The van der Waals surface area contributed by atoms with Crippen LogP contribution in [0, 0.1) is 0 Å². The summed E-state index contributed by atoms with van der Waals surface area (Å²) in [5.74, 6) is 0.620. The molecular weight excluding hydrogens is 418 g/mol. The first kappa shape index (κ1) is 19.1. The Labute approximate surface area is 170 Å². The van der Waals surface area contributed by atoms with Crippen LogP contribution < -0.4 is 14.8 Å². The number of thiophene rings is 1. The van der Waals surface area contributed by atoms with E-state index in [0.717, 1.165) is 40.3 Å². The molecule has 2 N–H and O–H groups in total. The van der Waals surface area contributed by atoms with Gasteiger partial charge >= 0.3 is 0 Å². The molecule has 1 aromatic carbocycles. The van der Waals surface area contributed by atoms with E-state index in [-0.39, 0.29) is 23.1 Å². The summed E-state index contributed by atoms with van der Waals surface area (Å²) >= 11 is 2.46. The van der Waals surface area contributed by atoms with Crippen LogP contribution in [0.25, 0.3) is 11.3 Å². The maximum Gasteiger partial charge on any atom is 0.250 e. The molecule has 0 fully saturated rings. The van der Waals surface area contributed by atoms with E-state index in [4.69, 9.17) is 4.74 Å². The number of fused-ring (bicyclic) bond motifs is 1. The summed E-state index contributed by atoms with van der Waals surface area (Å²) in [5, 5.41) is 6.77. The number of carbonyl (C=O) groups is 1. The van der Waals surface area contributed by atoms with Crippen molar-refractivity contribution in [1.29, 1.82) is 0 Å². The van der Waals surface area contributed by atoms with Gasteiger partial charge in [0.05, 0.1) is 12.3 Å². The van der Waals surface area contributed by atoms with Crippen molar-refractivity contribution in [2.75, 3.05) is 18.5 Å². The molecule has 7 nitrogen and oxygen atoms in total. The summed E-state index contributed by atoms with van der Waals surface area (Å²) < 4.78 is 32.2. The van der Waals surface area contributed by atoms with Crippen LogP contribution in [0.3, 0.4) is 0 Å². The highest BCUT2D eigenvalue weighted by molar-refractivity contribution is 7.91. The van der Waals surface area contributed by atoms with Crippen molar-refractivity contribution in [2.24, 2.45) is 0 Å². The number of rotatable bonds is 7. The molecule has 0 bridgehead atoms. The van der Waals surface area contributed by atoms with Crippen molar-refractivity contribution in [3.63, 3.8) is 0 Å². The van der Waals surface area contributed by atoms with Gasteiger partial charge in [-0.1, -0.05) is 6.07 Å². The molecule has 0 unspecified atom stereocenters. The highest BCUT2D eigenvalue weighted by Crippen LogP contribution is 2.31. The molecule has 1 aliphatic heterocycles. The summed E-state index contributed by atoms with van der Waals surface area (Å²) in [6.45, 7) is 0.725. The van der Waals surface area contributed by atoms with E-state index in [1.165, 1.54) is 17.4 Å². The Morgan fingerprint density at radius 1 is 1.25 bits per heavy atom. The molecule has 3 aromatic rings. The van der Waals surface area contributed by atoms with Crippen molar-refractivity contribution in [1.82, 2.24) is 9.71 Å². The van der Waals surface area contributed by atoms with Crippen LogP contribution in [-0.4, -0.2) is 32.5 Å². The highest BCUT2D eigenvalue weighted by atomic mass is 32.2. The lowest BCUT2D eigenvalue weighted by Gasteiger charge is -2.05. The summed E-state index contributed by atoms with van der Waals surface area (Å²) in [6, 6.07) is 9.14. The van der Waals surface area contributed by atoms with Gasteiger partial charge in [0.15, 0.2) is 5.13 Å². The molecule has 2 aromatic heterocycles. The van der Waals surface area contributed by atoms with Crippen molar-refractivity contribution in [2.45, 2.75) is 17.1 Å². The van der Waals surface area contributed by atoms with Crippen molar-refractivity contribution < 1.29 is 17.9 Å². The minimum Gasteiger partial charge on any atom is -0.493 e. The van der Waals surface area contributed by atoms with Crippen LogP contribution in [0.1, 0.15) is 12.0 Å². The number of nitrogens with zero attached hydrogens (tertiary/aromatic N) is 1. The topological polar surface area (TPSA) is 97.4 Å².